The van der Waals surface area contributed by atoms with Crippen LogP contribution in [0.4, 0.5) is 0 Å². The van der Waals surface area contributed by atoms with Crippen LogP contribution >= 0.6 is 11.8 Å². The molecular weight excluding hydrogens is 288 g/mol. The summed E-state index contributed by atoms with van der Waals surface area (Å²) in [6, 6.07) is 7.83. The molecule has 0 bridgehead atoms. The molecule has 0 saturated heterocycles. The predicted octanol–water partition coefficient (Wildman–Crippen LogP) is 2.30. The van der Waals surface area contributed by atoms with Gasteiger partial charge < -0.3 is 5.11 Å². The zero-order valence-corrected chi connectivity index (χ0v) is 12.0. The molecule has 3 aromatic rings. The van der Waals surface area contributed by atoms with Gasteiger partial charge in [-0.05, 0) is 24.4 Å². The van der Waals surface area contributed by atoms with Gasteiger partial charge in [0.05, 0.1) is 11.4 Å². The lowest BCUT2D eigenvalue weighted by atomic mass is 10.1. The molecule has 1 N–H and O–H groups in total. The van der Waals surface area contributed by atoms with Gasteiger partial charge in [0.2, 0.25) is 0 Å². The van der Waals surface area contributed by atoms with Crippen LogP contribution in [0.1, 0.15) is 5.82 Å². The number of carbonyl (C=O) groups is 1. The van der Waals surface area contributed by atoms with E-state index in [1.807, 2.05) is 35.8 Å². The van der Waals surface area contributed by atoms with Crippen LogP contribution in [0.15, 0.2) is 41.8 Å². The number of benzene rings is 1. The number of hydrogen-bond donors (Lipinski definition) is 1. The lowest BCUT2D eigenvalue weighted by Gasteiger charge is -2.10. The Morgan fingerprint density at radius 2 is 2.19 bits per heavy atom. The van der Waals surface area contributed by atoms with Gasteiger partial charge in [-0.2, -0.15) is 0 Å². The second-order valence-corrected chi connectivity index (χ2v) is 5.36. The third-order valence-corrected chi connectivity index (χ3v) is 3.94. The monoisotopic (exact) mass is 300 g/mol. The number of pyridine rings is 1. The van der Waals surface area contributed by atoms with Gasteiger partial charge in [0.15, 0.2) is 5.16 Å². The van der Waals surface area contributed by atoms with E-state index in [9.17, 15) is 4.79 Å². The van der Waals surface area contributed by atoms with Crippen LogP contribution < -0.4 is 0 Å². The molecule has 0 unspecified atom stereocenters. The van der Waals surface area contributed by atoms with Gasteiger partial charge >= 0.3 is 5.97 Å². The molecule has 106 valence electrons. The number of hydrogen-bond acceptors (Lipinski definition) is 5. The summed E-state index contributed by atoms with van der Waals surface area (Å²) in [7, 11) is 0. The molecule has 3 rings (SSSR count). The SMILES string of the molecule is Cc1nnc(SCC(=O)O)n1-c1cccc2ccncc12. The van der Waals surface area contributed by atoms with Crippen LogP contribution in [0.5, 0.6) is 0 Å². The Morgan fingerprint density at radius 3 is 3.00 bits per heavy atom. The number of aromatic nitrogens is 4. The highest BCUT2D eigenvalue weighted by atomic mass is 32.2. The van der Waals surface area contributed by atoms with Gasteiger partial charge in [0, 0.05) is 17.8 Å². The van der Waals surface area contributed by atoms with Crippen LogP contribution in [-0.4, -0.2) is 36.6 Å². The lowest BCUT2D eigenvalue weighted by Crippen LogP contribution is -2.03. The Kier molecular flexibility index (Phi) is 3.57. The molecule has 0 saturated carbocycles. The molecule has 0 atom stereocenters. The number of fused-ring (bicyclic) bond motifs is 1. The minimum atomic E-state index is -0.883. The van der Waals surface area contributed by atoms with Crippen molar-refractivity contribution in [2.45, 2.75) is 12.1 Å². The van der Waals surface area contributed by atoms with Crippen LogP contribution in [-0.2, 0) is 4.79 Å². The van der Waals surface area contributed by atoms with E-state index in [1.165, 1.54) is 0 Å². The molecule has 0 aliphatic carbocycles. The highest BCUT2D eigenvalue weighted by Crippen LogP contribution is 2.27. The van der Waals surface area contributed by atoms with Crippen molar-refractivity contribution in [2.75, 3.05) is 5.75 Å². The number of thioether (sulfide) groups is 1. The fourth-order valence-corrected chi connectivity index (χ4v) is 2.84. The largest absolute Gasteiger partial charge is 0.481 e. The van der Waals surface area contributed by atoms with E-state index in [0.717, 1.165) is 28.2 Å². The summed E-state index contributed by atoms with van der Waals surface area (Å²) in [5.41, 5.74) is 0.899. The highest BCUT2D eigenvalue weighted by Gasteiger charge is 2.14. The van der Waals surface area contributed by atoms with Gasteiger partial charge in [-0.25, -0.2) is 0 Å². The zero-order valence-electron chi connectivity index (χ0n) is 11.2. The normalized spacial score (nSPS) is 10.9. The fraction of sp³-hybridized carbons (Fsp3) is 0.143. The van der Waals surface area contributed by atoms with Gasteiger partial charge in [-0.15, -0.1) is 10.2 Å². The molecule has 7 heteroatoms. The Labute approximate surface area is 124 Å². The molecule has 0 amide bonds. The van der Waals surface area contributed by atoms with Crippen LogP contribution in [0, 0.1) is 6.92 Å². The lowest BCUT2D eigenvalue weighted by molar-refractivity contribution is -0.133. The van der Waals surface area contributed by atoms with E-state index >= 15 is 0 Å². The molecular formula is C14H12N4O2S. The van der Waals surface area contributed by atoms with Crippen molar-refractivity contribution in [3.8, 4) is 5.69 Å². The fourth-order valence-electron chi connectivity index (χ4n) is 2.13. The molecule has 0 radical (unpaired) electrons. The van der Waals surface area contributed by atoms with Crippen molar-refractivity contribution >= 4 is 28.5 Å². The number of rotatable bonds is 4. The molecule has 21 heavy (non-hydrogen) atoms. The summed E-state index contributed by atoms with van der Waals surface area (Å²) in [5, 5.41) is 19.5. The maximum absolute atomic E-state index is 10.8. The summed E-state index contributed by atoms with van der Waals surface area (Å²) in [5.74, 6) is -0.229. The maximum Gasteiger partial charge on any atom is 0.313 e. The average Bonchev–Trinajstić information content (AvgIpc) is 2.85. The molecule has 0 fully saturated rings. The van der Waals surface area contributed by atoms with Gasteiger partial charge in [-0.3, -0.25) is 14.3 Å². The summed E-state index contributed by atoms with van der Waals surface area (Å²) in [6.07, 6.45) is 3.53. The summed E-state index contributed by atoms with van der Waals surface area (Å²) >= 11 is 1.15. The molecule has 0 aliphatic rings. The van der Waals surface area contributed by atoms with Gasteiger partial charge in [0.1, 0.15) is 5.82 Å². The van der Waals surface area contributed by atoms with E-state index in [1.54, 1.807) is 12.4 Å². The average molecular weight is 300 g/mol. The minimum Gasteiger partial charge on any atom is -0.481 e. The molecule has 0 aliphatic heterocycles. The Hall–Kier alpha value is -2.41. The third-order valence-electron chi connectivity index (χ3n) is 3.02. The standard InChI is InChI=1S/C14H12N4O2S/c1-9-16-17-14(21-8-13(19)20)18(9)12-4-2-3-10-5-6-15-7-11(10)12/h2-7H,8H2,1H3,(H,19,20). The summed E-state index contributed by atoms with van der Waals surface area (Å²) in [6.45, 7) is 1.84. The van der Waals surface area contributed by atoms with Crippen molar-refractivity contribution < 1.29 is 9.90 Å². The topological polar surface area (TPSA) is 80.9 Å². The molecule has 1 aromatic carbocycles. The summed E-state index contributed by atoms with van der Waals surface area (Å²) in [4.78, 5) is 14.9. The van der Waals surface area contributed by atoms with E-state index in [-0.39, 0.29) is 5.75 Å². The zero-order chi connectivity index (χ0) is 14.8. The first kappa shape index (κ1) is 13.6. The van der Waals surface area contributed by atoms with Gasteiger partial charge in [0.25, 0.3) is 0 Å². The smallest absolute Gasteiger partial charge is 0.313 e. The first-order valence-corrected chi connectivity index (χ1v) is 7.25. The number of carboxylic acids is 1. The highest BCUT2D eigenvalue weighted by molar-refractivity contribution is 7.99. The van der Waals surface area contributed by atoms with E-state index < -0.39 is 5.97 Å². The van der Waals surface area contributed by atoms with Crippen LogP contribution in [0.25, 0.3) is 16.5 Å². The second-order valence-electron chi connectivity index (χ2n) is 4.42. The Balaban J connectivity index is 2.14. The van der Waals surface area contributed by atoms with E-state index in [4.69, 9.17) is 5.11 Å². The first-order chi connectivity index (χ1) is 10.2. The van der Waals surface area contributed by atoms with Crippen molar-refractivity contribution in [2.24, 2.45) is 0 Å². The molecule has 6 nitrogen and oxygen atoms in total. The first-order valence-electron chi connectivity index (χ1n) is 6.26. The minimum absolute atomic E-state index is 0.0544. The maximum atomic E-state index is 10.8. The molecule has 0 spiro atoms. The number of aryl methyl sites for hydroxylation is 1. The van der Waals surface area contributed by atoms with Gasteiger partial charge in [-0.1, -0.05) is 23.9 Å². The molecule has 2 heterocycles. The predicted molar refractivity (Wildman–Crippen MR) is 79.8 cm³/mol. The van der Waals surface area contributed by atoms with Crippen molar-refractivity contribution in [3.63, 3.8) is 0 Å². The number of carboxylic acid groups (broad SMARTS) is 1. The van der Waals surface area contributed by atoms with Crippen molar-refractivity contribution in [3.05, 3.63) is 42.5 Å². The van der Waals surface area contributed by atoms with Crippen molar-refractivity contribution in [1.29, 1.82) is 0 Å². The Bertz CT molecular complexity index is 810. The Morgan fingerprint density at radius 1 is 1.33 bits per heavy atom. The van der Waals surface area contributed by atoms with Crippen LogP contribution in [0.3, 0.4) is 0 Å². The molecule has 2 aromatic heterocycles. The van der Waals surface area contributed by atoms with Crippen molar-refractivity contribution in [1.82, 2.24) is 19.7 Å². The second kappa shape index (κ2) is 5.53. The van der Waals surface area contributed by atoms with Crippen LogP contribution in [0.2, 0.25) is 0 Å². The number of nitrogens with zero attached hydrogens (tertiary/aromatic N) is 4. The van der Waals surface area contributed by atoms with E-state index in [2.05, 4.69) is 15.2 Å². The number of aliphatic carboxylic acids is 1. The summed E-state index contributed by atoms with van der Waals surface area (Å²) < 4.78 is 1.86. The third kappa shape index (κ3) is 2.59. The van der Waals surface area contributed by atoms with E-state index in [0.29, 0.717) is 11.0 Å². The quantitative estimate of drug-likeness (QED) is 0.745.